The van der Waals surface area contributed by atoms with E-state index in [0.717, 1.165) is 38.9 Å². The lowest BCUT2D eigenvalue weighted by molar-refractivity contribution is -0.385. The summed E-state index contributed by atoms with van der Waals surface area (Å²) in [5.74, 6) is -0.125. The number of nitrogens with zero attached hydrogens (tertiary/aromatic N) is 2. The molecular formula is C17H23N2O3. The number of hydrogen-bond donors (Lipinski definition) is 0. The number of benzene rings is 1. The number of ketones is 1. The van der Waals surface area contributed by atoms with Gasteiger partial charge in [-0.2, -0.15) is 0 Å². The summed E-state index contributed by atoms with van der Waals surface area (Å²) in [6.07, 6.45) is 7.95. The third kappa shape index (κ3) is 4.91. The van der Waals surface area contributed by atoms with Gasteiger partial charge >= 0.3 is 0 Å². The molecule has 0 N–H and O–H groups in total. The lowest BCUT2D eigenvalue weighted by Gasteiger charge is -2.26. The van der Waals surface area contributed by atoms with Crippen LogP contribution in [0.4, 0.5) is 5.69 Å². The molecule has 0 amide bonds. The van der Waals surface area contributed by atoms with Gasteiger partial charge in [0.15, 0.2) is 5.78 Å². The fraction of sp³-hybridized carbons (Fsp3) is 0.529. The second kappa shape index (κ2) is 8.63. The second-order valence-electron chi connectivity index (χ2n) is 5.72. The van der Waals surface area contributed by atoms with Gasteiger partial charge in [0.05, 0.1) is 10.5 Å². The van der Waals surface area contributed by atoms with Gasteiger partial charge in [0.1, 0.15) is 0 Å². The number of Topliss-reactive ketones (excluding diaryl/α,β-unsaturated/α-hetero) is 1. The molecule has 1 heterocycles. The lowest BCUT2D eigenvalue weighted by Crippen LogP contribution is -2.30. The highest BCUT2D eigenvalue weighted by atomic mass is 16.6. The maximum absolute atomic E-state index is 12.1. The maximum atomic E-state index is 12.1. The quantitative estimate of drug-likeness (QED) is 0.318. The maximum Gasteiger partial charge on any atom is 0.280 e. The molecule has 0 saturated carbocycles. The molecule has 0 aromatic heterocycles. The Bertz CT molecular complexity index is 510. The van der Waals surface area contributed by atoms with E-state index in [2.05, 4.69) is 11.3 Å². The molecule has 1 aliphatic rings. The molecule has 22 heavy (non-hydrogen) atoms. The summed E-state index contributed by atoms with van der Waals surface area (Å²) in [4.78, 5) is 25.0. The van der Waals surface area contributed by atoms with Crippen molar-refractivity contribution < 1.29 is 9.72 Å². The molecule has 0 unspecified atom stereocenters. The van der Waals surface area contributed by atoms with Crippen LogP contribution in [-0.4, -0.2) is 35.2 Å². The van der Waals surface area contributed by atoms with Gasteiger partial charge in [-0.3, -0.25) is 14.9 Å². The van der Waals surface area contributed by atoms with Crippen molar-refractivity contribution in [2.24, 2.45) is 0 Å². The predicted molar refractivity (Wildman–Crippen MR) is 85.9 cm³/mol. The Hall–Kier alpha value is -1.75. The van der Waals surface area contributed by atoms with Crippen LogP contribution in [0, 0.1) is 16.5 Å². The molecule has 1 radical (unpaired) electrons. The van der Waals surface area contributed by atoms with E-state index in [4.69, 9.17) is 0 Å². The summed E-state index contributed by atoms with van der Waals surface area (Å²) in [6, 6.07) is 6.20. The van der Waals surface area contributed by atoms with Crippen LogP contribution < -0.4 is 0 Å². The zero-order valence-electron chi connectivity index (χ0n) is 12.9. The molecule has 0 bridgehead atoms. The second-order valence-corrected chi connectivity index (χ2v) is 5.72. The first-order chi connectivity index (χ1) is 10.7. The predicted octanol–water partition coefficient (Wildman–Crippen LogP) is 3.64. The first kappa shape index (κ1) is 16.6. The van der Waals surface area contributed by atoms with Crippen molar-refractivity contribution >= 4 is 11.5 Å². The van der Waals surface area contributed by atoms with E-state index in [9.17, 15) is 14.9 Å². The van der Waals surface area contributed by atoms with Gasteiger partial charge in [-0.15, -0.1) is 0 Å². The number of carbonyl (C=O) groups is 1. The van der Waals surface area contributed by atoms with Crippen LogP contribution in [0.3, 0.4) is 0 Å². The highest BCUT2D eigenvalue weighted by molar-refractivity contribution is 5.99. The lowest BCUT2D eigenvalue weighted by atomic mass is 10.0. The fourth-order valence-corrected chi connectivity index (χ4v) is 2.83. The zero-order valence-corrected chi connectivity index (χ0v) is 12.9. The van der Waals surface area contributed by atoms with Crippen molar-refractivity contribution in [2.75, 3.05) is 19.6 Å². The van der Waals surface area contributed by atoms with Crippen molar-refractivity contribution in [1.29, 1.82) is 0 Å². The van der Waals surface area contributed by atoms with Crippen LogP contribution in [0.2, 0.25) is 0 Å². The van der Waals surface area contributed by atoms with Crippen molar-refractivity contribution in [3.8, 4) is 0 Å². The van der Waals surface area contributed by atoms with Crippen molar-refractivity contribution in [2.45, 2.75) is 38.5 Å². The molecular weight excluding hydrogens is 280 g/mol. The van der Waals surface area contributed by atoms with E-state index < -0.39 is 4.92 Å². The van der Waals surface area contributed by atoms with E-state index in [1.807, 2.05) is 0 Å². The first-order valence-corrected chi connectivity index (χ1v) is 7.99. The summed E-state index contributed by atoms with van der Waals surface area (Å²) >= 11 is 0. The third-order valence-corrected chi connectivity index (χ3v) is 4.08. The third-order valence-electron chi connectivity index (χ3n) is 4.08. The number of nitro benzene ring substituents is 1. The first-order valence-electron chi connectivity index (χ1n) is 7.99. The number of rotatable bonds is 8. The van der Waals surface area contributed by atoms with Crippen LogP contribution in [0.15, 0.2) is 24.3 Å². The van der Waals surface area contributed by atoms with Gasteiger partial charge < -0.3 is 4.90 Å². The number of carbonyl (C=O) groups excluding carboxylic acids is 1. The average Bonchev–Trinajstić information content (AvgIpc) is 2.55. The Morgan fingerprint density at radius 2 is 1.86 bits per heavy atom. The van der Waals surface area contributed by atoms with Gasteiger partial charge in [0.2, 0.25) is 0 Å². The fourth-order valence-electron chi connectivity index (χ4n) is 2.83. The van der Waals surface area contributed by atoms with Crippen LogP contribution >= 0.6 is 0 Å². The Labute approximate surface area is 131 Å². The van der Waals surface area contributed by atoms with Crippen molar-refractivity contribution in [1.82, 2.24) is 4.90 Å². The monoisotopic (exact) mass is 303 g/mol. The molecule has 1 fully saturated rings. The Morgan fingerprint density at radius 1 is 1.14 bits per heavy atom. The van der Waals surface area contributed by atoms with Crippen LogP contribution in [0.5, 0.6) is 0 Å². The Morgan fingerprint density at radius 3 is 2.59 bits per heavy atom. The van der Waals surface area contributed by atoms with E-state index in [1.54, 1.807) is 18.2 Å². The number of nitro groups is 1. The summed E-state index contributed by atoms with van der Waals surface area (Å²) in [6.45, 7) is 3.39. The molecule has 0 spiro atoms. The molecule has 0 aliphatic carbocycles. The van der Waals surface area contributed by atoms with Gasteiger partial charge in [0.25, 0.3) is 5.69 Å². The highest BCUT2D eigenvalue weighted by Crippen LogP contribution is 2.20. The number of para-hydroxylation sites is 1. The topological polar surface area (TPSA) is 63.5 Å². The van der Waals surface area contributed by atoms with E-state index in [0.29, 0.717) is 6.42 Å². The standard InChI is InChI=1S/C17H23N2O3/c20-17(15-9-4-5-10-16(15)19(21)22)11-3-1-6-12-18-13-7-2-8-14-18/h2,4-5,9-10H,1,3,6-8,11-14H2. The number of likely N-dealkylation sites (tertiary alicyclic amines) is 1. The largest absolute Gasteiger partial charge is 0.303 e. The molecule has 1 aliphatic heterocycles. The van der Waals surface area contributed by atoms with Gasteiger partial charge in [-0.1, -0.05) is 18.6 Å². The molecule has 1 saturated heterocycles. The van der Waals surface area contributed by atoms with Crippen molar-refractivity contribution in [3.63, 3.8) is 0 Å². The minimum atomic E-state index is -0.486. The Balaban J connectivity index is 1.70. The number of unbranched alkanes of at least 4 members (excludes halogenated alkanes) is 2. The van der Waals surface area contributed by atoms with Crippen molar-refractivity contribution in [3.05, 3.63) is 46.4 Å². The molecule has 0 atom stereocenters. The summed E-state index contributed by atoms with van der Waals surface area (Å²) in [7, 11) is 0. The van der Waals surface area contributed by atoms with E-state index >= 15 is 0 Å². The molecule has 1 aromatic carbocycles. The molecule has 1 aromatic rings. The van der Waals surface area contributed by atoms with Crippen LogP contribution in [0.1, 0.15) is 48.9 Å². The van der Waals surface area contributed by atoms with Gasteiger partial charge in [-0.05, 0) is 57.8 Å². The molecule has 119 valence electrons. The van der Waals surface area contributed by atoms with Crippen LogP contribution in [-0.2, 0) is 0 Å². The SMILES string of the molecule is O=C(CCCCCN1CC[CH]CC1)c1ccccc1[N+](=O)[O-]. The van der Waals surface area contributed by atoms with Gasteiger partial charge in [-0.25, -0.2) is 0 Å². The van der Waals surface area contributed by atoms with Gasteiger partial charge in [0, 0.05) is 12.5 Å². The van der Waals surface area contributed by atoms with E-state index in [1.165, 1.54) is 18.9 Å². The summed E-state index contributed by atoms with van der Waals surface area (Å²) < 4.78 is 0. The number of piperidine rings is 1. The molecule has 2 rings (SSSR count). The molecule has 5 nitrogen and oxygen atoms in total. The normalized spacial score (nSPS) is 15.6. The zero-order chi connectivity index (χ0) is 15.8. The minimum Gasteiger partial charge on any atom is -0.303 e. The smallest absolute Gasteiger partial charge is 0.280 e. The minimum absolute atomic E-state index is 0.0860. The number of hydrogen-bond acceptors (Lipinski definition) is 4. The summed E-state index contributed by atoms with van der Waals surface area (Å²) in [5.41, 5.74) is 0.149. The summed E-state index contributed by atoms with van der Waals surface area (Å²) in [5, 5.41) is 10.9. The van der Waals surface area contributed by atoms with Crippen LogP contribution in [0.25, 0.3) is 0 Å². The highest BCUT2D eigenvalue weighted by Gasteiger charge is 2.18. The van der Waals surface area contributed by atoms with E-state index in [-0.39, 0.29) is 17.0 Å². The average molecular weight is 303 g/mol. The Kier molecular flexibility index (Phi) is 6.52. The molecule has 5 heteroatoms.